The van der Waals surface area contributed by atoms with Crippen LogP contribution < -0.4 is 0 Å². The van der Waals surface area contributed by atoms with Crippen LogP contribution in [-0.4, -0.2) is 24.3 Å². The Bertz CT molecular complexity index is 121. The molecule has 1 aliphatic rings. The van der Waals surface area contributed by atoms with E-state index in [1.54, 1.807) is 0 Å². The summed E-state index contributed by atoms with van der Waals surface area (Å²) in [5.41, 5.74) is -0.542. The maximum absolute atomic E-state index is 10.5. The fourth-order valence-electron chi connectivity index (χ4n) is 0.827. The highest BCUT2D eigenvalue weighted by molar-refractivity contribution is 5.75. The lowest BCUT2D eigenvalue weighted by Crippen LogP contribution is -2.48. The molecule has 1 aliphatic heterocycles. The van der Waals surface area contributed by atoms with E-state index in [0.29, 0.717) is 19.6 Å². The predicted octanol–water partition coefficient (Wildman–Crippen LogP) is 0.498. The molecular formula is C6H10O3. The lowest BCUT2D eigenvalue weighted by Gasteiger charge is -2.36. The first-order valence-electron chi connectivity index (χ1n) is 3.02. The Labute approximate surface area is 53.6 Å². The Kier molecular flexibility index (Phi) is 1.45. The molecule has 9 heavy (non-hydrogen) atoms. The van der Waals surface area contributed by atoms with Crippen LogP contribution >= 0.6 is 0 Å². The molecule has 0 amide bonds. The Balaban J connectivity index is 2.57. The third-order valence-corrected chi connectivity index (χ3v) is 1.89. The van der Waals surface area contributed by atoms with Crippen molar-refractivity contribution in [1.29, 1.82) is 0 Å². The zero-order chi connectivity index (χ0) is 6.91. The van der Waals surface area contributed by atoms with Gasteiger partial charge in [-0.2, -0.15) is 0 Å². The van der Waals surface area contributed by atoms with Crippen LogP contribution in [0.1, 0.15) is 13.3 Å². The number of rotatable bonds is 2. The van der Waals surface area contributed by atoms with Crippen molar-refractivity contribution in [2.45, 2.75) is 13.3 Å². The molecule has 52 valence electrons. The predicted molar refractivity (Wildman–Crippen MR) is 31.2 cm³/mol. The second kappa shape index (κ2) is 1.99. The minimum Gasteiger partial charge on any atom is -0.481 e. The van der Waals surface area contributed by atoms with E-state index in [-0.39, 0.29) is 0 Å². The van der Waals surface area contributed by atoms with Gasteiger partial charge in [0.2, 0.25) is 0 Å². The maximum Gasteiger partial charge on any atom is 0.314 e. The van der Waals surface area contributed by atoms with Gasteiger partial charge in [-0.25, -0.2) is 0 Å². The normalized spacial score (nSPS) is 22.8. The smallest absolute Gasteiger partial charge is 0.314 e. The van der Waals surface area contributed by atoms with Gasteiger partial charge in [-0.05, 0) is 6.42 Å². The molecule has 0 radical (unpaired) electrons. The fourth-order valence-corrected chi connectivity index (χ4v) is 0.827. The van der Waals surface area contributed by atoms with Gasteiger partial charge in [0.1, 0.15) is 5.41 Å². The summed E-state index contributed by atoms with van der Waals surface area (Å²) in [4.78, 5) is 10.5. The highest BCUT2D eigenvalue weighted by Crippen LogP contribution is 2.30. The monoisotopic (exact) mass is 130 g/mol. The number of aliphatic carboxylic acids is 1. The third kappa shape index (κ3) is 0.812. The molecule has 1 rings (SSSR count). The number of hydrogen-bond acceptors (Lipinski definition) is 2. The van der Waals surface area contributed by atoms with Crippen molar-refractivity contribution in [2.75, 3.05) is 13.2 Å². The number of ether oxygens (including phenoxy) is 1. The molecule has 1 saturated heterocycles. The lowest BCUT2D eigenvalue weighted by atomic mass is 9.83. The van der Waals surface area contributed by atoms with Crippen molar-refractivity contribution in [1.82, 2.24) is 0 Å². The van der Waals surface area contributed by atoms with Crippen LogP contribution in [0, 0.1) is 5.41 Å². The Morgan fingerprint density at radius 1 is 1.78 bits per heavy atom. The zero-order valence-corrected chi connectivity index (χ0v) is 5.39. The highest BCUT2D eigenvalue weighted by Gasteiger charge is 2.44. The van der Waals surface area contributed by atoms with Gasteiger partial charge in [0.05, 0.1) is 13.2 Å². The molecule has 0 aliphatic carbocycles. The van der Waals surface area contributed by atoms with Gasteiger partial charge < -0.3 is 9.84 Å². The van der Waals surface area contributed by atoms with Crippen molar-refractivity contribution in [3.63, 3.8) is 0 Å². The van der Waals surface area contributed by atoms with E-state index in [1.807, 2.05) is 6.92 Å². The molecule has 1 fully saturated rings. The minimum absolute atomic E-state index is 0.388. The average Bonchev–Trinajstić information content (AvgIpc) is 1.62. The van der Waals surface area contributed by atoms with Crippen LogP contribution in [0.4, 0.5) is 0 Å². The second-order valence-corrected chi connectivity index (χ2v) is 2.43. The summed E-state index contributed by atoms with van der Waals surface area (Å²) >= 11 is 0. The van der Waals surface area contributed by atoms with E-state index >= 15 is 0 Å². The molecule has 3 heteroatoms. The van der Waals surface area contributed by atoms with Crippen LogP contribution in [0.2, 0.25) is 0 Å². The molecule has 0 aromatic heterocycles. The summed E-state index contributed by atoms with van der Waals surface area (Å²) in [6.07, 6.45) is 0.669. The van der Waals surface area contributed by atoms with Gasteiger partial charge in [-0.3, -0.25) is 4.79 Å². The molecule has 0 unspecified atom stereocenters. The first-order chi connectivity index (χ1) is 4.21. The SMILES string of the molecule is CCC1(C(=O)O)COC1. The van der Waals surface area contributed by atoms with Crippen molar-refractivity contribution in [3.8, 4) is 0 Å². The lowest BCUT2D eigenvalue weighted by molar-refractivity contribution is -0.180. The van der Waals surface area contributed by atoms with Gasteiger partial charge in [0, 0.05) is 0 Å². The fraction of sp³-hybridized carbons (Fsp3) is 0.833. The van der Waals surface area contributed by atoms with Crippen molar-refractivity contribution < 1.29 is 14.6 Å². The van der Waals surface area contributed by atoms with E-state index in [9.17, 15) is 4.79 Å². The molecule has 0 aromatic rings. The van der Waals surface area contributed by atoms with Crippen LogP contribution in [0.25, 0.3) is 0 Å². The molecule has 1 N–H and O–H groups in total. The van der Waals surface area contributed by atoms with Crippen LogP contribution in [-0.2, 0) is 9.53 Å². The summed E-state index contributed by atoms with van der Waals surface area (Å²) in [6, 6.07) is 0. The maximum atomic E-state index is 10.5. The molecule has 1 heterocycles. The zero-order valence-electron chi connectivity index (χ0n) is 5.39. The van der Waals surface area contributed by atoms with Crippen LogP contribution in [0.5, 0.6) is 0 Å². The van der Waals surface area contributed by atoms with Crippen molar-refractivity contribution in [3.05, 3.63) is 0 Å². The molecule has 0 spiro atoms. The summed E-state index contributed by atoms with van der Waals surface area (Å²) in [5, 5.41) is 8.60. The summed E-state index contributed by atoms with van der Waals surface area (Å²) in [6.45, 7) is 2.65. The summed E-state index contributed by atoms with van der Waals surface area (Å²) in [7, 11) is 0. The number of carboxylic acids is 1. The van der Waals surface area contributed by atoms with Gasteiger partial charge in [-0.15, -0.1) is 0 Å². The Hall–Kier alpha value is -0.570. The largest absolute Gasteiger partial charge is 0.481 e. The molecule has 0 saturated carbocycles. The highest BCUT2D eigenvalue weighted by atomic mass is 16.5. The second-order valence-electron chi connectivity index (χ2n) is 2.43. The first kappa shape index (κ1) is 6.55. The number of hydrogen-bond donors (Lipinski definition) is 1. The van der Waals surface area contributed by atoms with Crippen molar-refractivity contribution in [2.24, 2.45) is 5.41 Å². The van der Waals surface area contributed by atoms with E-state index < -0.39 is 11.4 Å². The van der Waals surface area contributed by atoms with Gasteiger partial charge >= 0.3 is 5.97 Å². The van der Waals surface area contributed by atoms with Gasteiger partial charge in [-0.1, -0.05) is 6.92 Å². The van der Waals surface area contributed by atoms with E-state index in [2.05, 4.69) is 0 Å². The Morgan fingerprint density at radius 3 is 2.33 bits per heavy atom. The van der Waals surface area contributed by atoms with E-state index in [0.717, 1.165) is 0 Å². The van der Waals surface area contributed by atoms with E-state index in [1.165, 1.54) is 0 Å². The molecule has 3 nitrogen and oxygen atoms in total. The van der Waals surface area contributed by atoms with Crippen molar-refractivity contribution >= 4 is 5.97 Å². The number of carboxylic acid groups (broad SMARTS) is 1. The molecule has 0 atom stereocenters. The standard InChI is InChI=1S/C6H10O3/c1-2-6(5(7)8)3-9-4-6/h2-4H2,1H3,(H,7,8). The quantitative estimate of drug-likeness (QED) is 0.592. The van der Waals surface area contributed by atoms with Crippen LogP contribution in [0.3, 0.4) is 0 Å². The van der Waals surface area contributed by atoms with Gasteiger partial charge in [0.25, 0.3) is 0 Å². The summed E-state index contributed by atoms with van der Waals surface area (Å²) < 4.78 is 4.81. The average molecular weight is 130 g/mol. The number of carbonyl (C=O) groups is 1. The topological polar surface area (TPSA) is 46.5 Å². The molecular weight excluding hydrogens is 120 g/mol. The molecule has 0 bridgehead atoms. The first-order valence-corrected chi connectivity index (χ1v) is 3.02. The molecule has 0 aromatic carbocycles. The minimum atomic E-state index is -0.726. The van der Waals surface area contributed by atoms with Crippen LogP contribution in [0.15, 0.2) is 0 Å². The van der Waals surface area contributed by atoms with E-state index in [4.69, 9.17) is 9.84 Å². The summed E-state index contributed by atoms with van der Waals surface area (Å²) in [5.74, 6) is -0.726. The Morgan fingerprint density at radius 2 is 2.33 bits per heavy atom. The third-order valence-electron chi connectivity index (χ3n) is 1.89. The van der Waals surface area contributed by atoms with Gasteiger partial charge in [0.15, 0.2) is 0 Å².